The maximum absolute atomic E-state index is 10.8. The van der Waals surface area contributed by atoms with Crippen LogP contribution in [-0.4, -0.2) is 0 Å². The molecule has 0 amide bonds. The van der Waals surface area contributed by atoms with Crippen molar-refractivity contribution in [3.63, 3.8) is 0 Å². The van der Waals surface area contributed by atoms with Gasteiger partial charge in [0.1, 0.15) is 0 Å². The summed E-state index contributed by atoms with van der Waals surface area (Å²) in [5.41, 5.74) is 3.59. The van der Waals surface area contributed by atoms with Crippen molar-refractivity contribution < 1.29 is 3.07 Å². The number of hydrogen-bond acceptors (Lipinski definition) is 1. The van der Waals surface area contributed by atoms with E-state index in [1.165, 1.54) is 16.7 Å². The van der Waals surface area contributed by atoms with Gasteiger partial charge in [-0.3, -0.25) is 3.07 Å². The van der Waals surface area contributed by atoms with E-state index in [0.29, 0.717) is 0 Å². The van der Waals surface area contributed by atoms with Gasteiger partial charge in [0.15, 0.2) is 21.2 Å². The molecule has 0 fully saturated rings. The van der Waals surface area contributed by atoms with Crippen molar-refractivity contribution in [1.82, 2.24) is 0 Å². The third-order valence-electron chi connectivity index (χ3n) is 1.66. The molecule has 0 atom stereocenters. The van der Waals surface area contributed by atoms with E-state index in [1.54, 1.807) is 0 Å². The molecule has 60 valence electrons. The summed E-state index contributed by atoms with van der Waals surface area (Å²) >= 11 is -0.997. The summed E-state index contributed by atoms with van der Waals surface area (Å²) in [7, 11) is 0. The highest BCUT2D eigenvalue weighted by atomic mass is 127. The lowest BCUT2D eigenvalue weighted by atomic mass is 10.1. The molecule has 0 N–H and O–H groups in total. The molecule has 0 aliphatic carbocycles. The van der Waals surface area contributed by atoms with E-state index in [-0.39, 0.29) is 0 Å². The van der Waals surface area contributed by atoms with Gasteiger partial charge in [0.2, 0.25) is 0 Å². The van der Waals surface area contributed by atoms with E-state index in [9.17, 15) is 3.07 Å². The minimum Gasteiger partial charge on any atom is -0.265 e. The van der Waals surface area contributed by atoms with E-state index in [2.05, 4.69) is 19.1 Å². The SMILES string of the molecule is Cc1cc(C)c(I=O)c(C)c1. The monoisotopic (exact) mass is 262 g/mol. The molecular weight excluding hydrogens is 251 g/mol. The van der Waals surface area contributed by atoms with Gasteiger partial charge in [0, 0.05) is 0 Å². The normalized spacial score (nSPS) is 10.1. The van der Waals surface area contributed by atoms with Gasteiger partial charge in [0.25, 0.3) is 0 Å². The topological polar surface area (TPSA) is 17.1 Å². The van der Waals surface area contributed by atoms with Crippen molar-refractivity contribution >= 4 is 21.2 Å². The Morgan fingerprint density at radius 3 is 1.91 bits per heavy atom. The van der Waals surface area contributed by atoms with Gasteiger partial charge in [-0.05, 0) is 31.9 Å². The number of aryl methyl sites for hydroxylation is 3. The number of halogens is 1. The van der Waals surface area contributed by atoms with Crippen LogP contribution >= 0.6 is 21.2 Å². The van der Waals surface area contributed by atoms with Crippen molar-refractivity contribution in [2.45, 2.75) is 20.8 Å². The van der Waals surface area contributed by atoms with Crippen molar-refractivity contribution in [3.05, 3.63) is 32.4 Å². The lowest BCUT2D eigenvalue weighted by Crippen LogP contribution is -1.87. The molecule has 1 nitrogen and oxygen atoms in total. The van der Waals surface area contributed by atoms with E-state index in [4.69, 9.17) is 0 Å². The second-order valence-corrected chi connectivity index (χ2v) is 4.31. The summed E-state index contributed by atoms with van der Waals surface area (Å²) in [6.45, 7) is 6.10. The van der Waals surface area contributed by atoms with E-state index >= 15 is 0 Å². The molecule has 0 aliphatic rings. The second-order valence-electron chi connectivity index (χ2n) is 2.79. The molecule has 0 heterocycles. The van der Waals surface area contributed by atoms with Crippen LogP contribution in [0.3, 0.4) is 0 Å². The highest BCUT2D eigenvalue weighted by Crippen LogP contribution is 2.21. The molecule has 0 unspecified atom stereocenters. The van der Waals surface area contributed by atoms with E-state index in [1.807, 2.05) is 13.8 Å². The Bertz CT molecular complexity index is 269. The molecule has 2 heteroatoms. The molecular formula is C9H11IO. The molecule has 0 spiro atoms. The highest BCUT2D eigenvalue weighted by molar-refractivity contribution is 14.1. The summed E-state index contributed by atoms with van der Waals surface area (Å²) in [5.74, 6) is 0. The third kappa shape index (κ3) is 1.86. The Balaban J connectivity index is 3.36. The Morgan fingerprint density at radius 2 is 1.55 bits per heavy atom. The first-order chi connectivity index (χ1) is 5.15. The van der Waals surface area contributed by atoms with Crippen LogP contribution in [0.1, 0.15) is 16.7 Å². The fourth-order valence-electron chi connectivity index (χ4n) is 1.28. The fraction of sp³-hybridized carbons (Fsp3) is 0.333. The first-order valence-corrected chi connectivity index (χ1v) is 5.46. The minimum absolute atomic E-state index is 0.997. The zero-order chi connectivity index (χ0) is 8.43. The molecule has 1 aromatic carbocycles. The van der Waals surface area contributed by atoms with Crippen molar-refractivity contribution in [3.8, 4) is 0 Å². The van der Waals surface area contributed by atoms with E-state index < -0.39 is 21.2 Å². The van der Waals surface area contributed by atoms with Gasteiger partial charge in [-0.25, -0.2) is 0 Å². The van der Waals surface area contributed by atoms with Crippen LogP contribution in [0.5, 0.6) is 0 Å². The van der Waals surface area contributed by atoms with Gasteiger partial charge in [-0.1, -0.05) is 17.7 Å². The molecule has 1 rings (SSSR count). The van der Waals surface area contributed by atoms with Gasteiger partial charge in [0.05, 0.1) is 3.57 Å². The third-order valence-corrected chi connectivity index (χ3v) is 3.80. The van der Waals surface area contributed by atoms with Gasteiger partial charge in [-0.15, -0.1) is 0 Å². The average molecular weight is 262 g/mol. The van der Waals surface area contributed by atoms with Crippen molar-refractivity contribution in [2.24, 2.45) is 0 Å². The van der Waals surface area contributed by atoms with E-state index in [0.717, 1.165) is 3.57 Å². The Morgan fingerprint density at radius 1 is 1.09 bits per heavy atom. The molecule has 0 aromatic heterocycles. The zero-order valence-corrected chi connectivity index (χ0v) is 9.10. The van der Waals surface area contributed by atoms with Crippen LogP contribution in [0.25, 0.3) is 0 Å². The maximum Gasteiger partial charge on any atom is 0.182 e. The van der Waals surface area contributed by atoms with Crippen LogP contribution in [-0.2, 0) is 3.07 Å². The van der Waals surface area contributed by atoms with Crippen LogP contribution < -0.4 is 0 Å². The molecule has 0 saturated heterocycles. The first-order valence-electron chi connectivity index (χ1n) is 3.50. The fourth-order valence-corrected chi connectivity index (χ4v) is 2.29. The summed E-state index contributed by atoms with van der Waals surface area (Å²) in [4.78, 5) is 0. The number of rotatable bonds is 1. The summed E-state index contributed by atoms with van der Waals surface area (Å²) in [5, 5.41) is 0. The Hall–Kier alpha value is -0.250. The Kier molecular flexibility index (Phi) is 2.76. The summed E-state index contributed by atoms with van der Waals surface area (Å²) in [6.07, 6.45) is 0. The lowest BCUT2D eigenvalue weighted by molar-refractivity contribution is 0.648. The smallest absolute Gasteiger partial charge is 0.182 e. The summed E-state index contributed by atoms with van der Waals surface area (Å²) in [6, 6.07) is 4.17. The largest absolute Gasteiger partial charge is 0.265 e. The second kappa shape index (κ2) is 3.43. The van der Waals surface area contributed by atoms with Crippen LogP contribution in [0.15, 0.2) is 12.1 Å². The van der Waals surface area contributed by atoms with Gasteiger partial charge >= 0.3 is 0 Å². The van der Waals surface area contributed by atoms with Crippen molar-refractivity contribution in [2.75, 3.05) is 0 Å². The number of hydrogen-bond donors (Lipinski definition) is 0. The van der Waals surface area contributed by atoms with Gasteiger partial charge < -0.3 is 0 Å². The predicted octanol–water partition coefficient (Wildman–Crippen LogP) is 3.10. The first kappa shape index (κ1) is 8.84. The maximum atomic E-state index is 10.8. The van der Waals surface area contributed by atoms with Crippen LogP contribution in [0.4, 0.5) is 0 Å². The van der Waals surface area contributed by atoms with Crippen LogP contribution in [0.2, 0.25) is 0 Å². The zero-order valence-electron chi connectivity index (χ0n) is 6.94. The highest BCUT2D eigenvalue weighted by Gasteiger charge is 2.01. The Labute approximate surface area is 77.5 Å². The lowest BCUT2D eigenvalue weighted by Gasteiger charge is -2.02. The number of benzene rings is 1. The standard InChI is InChI=1S/C9H11IO/c1-6-4-7(2)9(10-11)8(3)5-6/h4-5H,1-3H3. The molecule has 11 heavy (non-hydrogen) atoms. The van der Waals surface area contributed by atoms with Gasteiger partial charge in [-0.2, -0.15) is 0 Å². The average Bonchev–Trinajstić information content (AvgIpc) is 1.85. The molecule has 0 bridgehead atoms. The van der Waals surface area contributed by atoms with Crippen molar-refractivity contribution in [1.29, 1.82) is 0 Å². The molecule has 0 radical (unpaired) electrons. The minimum atomic E-state index is -0.997. The summed E-state index contributed by atoms with van der Waals surface area (Å²) < 4.78 is 11.9. The predicted molar refractivity (Wildman–Crippen MR) is 54.1 cm³/mol. The molecule has 0 saturated carbocycles. The molecule has 0 aliphatic heterocycles. The quantitative estimate of drug-likeness (QED) is 0.711. The van der Waals surface area contributed by atoms with Crippen LogP contribution in [0, 0.1) is 24.3 Å². The molecule has 1 aromatic rings.